The maximum atomic E-state index is 6.34. The third-order valence-electron chi connectivity index (χ3n) is 4.36. The highest BCUT2D eigenvalue weighted by molar-refractivity contribution is 6.48. The molecule has 6 heteroatoms. The Labute approximate surface area is 145 Å². The molecule has 2 aromatic rings. The summed E-state index contributed by atoms with van der Waals surface area (Å²) >= 11 is 18.5. The van der Waals surface area contributed by atoms with Gasteiger partial charge in [-0.25, -0.2) is 0 Å². The largest absolute Gasteiger partial charge is 0.303 e. The van der Waals surface area contributed by atoms with Gasteiger partial charge in [0.1, 0.15) is 0 Å². The van der Waals surface area contributed by atoms with Crippen LogP contribution in [0.25, 0.3) is 0 Å². The van der Waals surface area contributed by atoms with E-state index >= 15 is 0 Å². The van der Waals surface area contributed by atoms with Crippen molar-refractivity contribution in [3.05, 3.63) is 50.2 Å². The van der Waals surface area contributed by atoms with Crippen LogP contribution < -0.4 is 5.32 Å². The van der Waals surface area contributed by atoms with Crippen molar-refractivity contribution in [1.82, 2.24) is 15.1 Å². The number of nitrogens with zero attached hydrogens (tertiary/aromatic N) is 2. The van der Waals surface area contributed by atoms with Crippen molar-refractivity contribution in [2.45, 2.75) is 38.3 Å². The quantitative estimate of drug-likeness (QED) is 0.773. The van der Waals surface area contributed by atoms with Crippen molar-refractivity contribution in [3.63, 3.8) is 0 Å². The summed E-state index contributed by atoms with van der Waals surface area (Å²) in [5.41, 5.74) is 3.57. The number of aryl methyl sites for hydroxylation is 1. The molecule has 22 heavy (non-hydrogen) atoms. The van der Waals surface area contributed by atoms with Gasteiger partial charge in [-0.05, 0) is 37.8 Å². The van der Waals surface area contributed by atoms with E-state index in [1.807, 2.05) is 24.0 Å². The molecular weight excluding hydrogens is 341 g/mol. The molecule has 0 radical (unpaired) electrons. The Bertz CT molecular complexity index is 696. The molecule has 3 nitrogen and oxygen atoms in total. The lowest BCUT2D eigenvalue weighted by Crippen LogP contribution is -2.28. The summed E-state index contributed by atoms with van der Waals surface area (Å²) in [5, 5.41) is 9.46. The molecule has 1 aromatic carbocycles. The minimum absolute atomic E-state index is 0.0819. The summed E-state index contributed by atoms with van der Waals surface area (Å²) < 4.78 is 1.97. The van der Waals surface area contributed by atoms with Crippen molar-refractivity contribution in [2.24, 2.45) is 7.05 Å². The van der Waals surface area contributed by atoms with E-state index in [4.69, 9.17) is 34.8 Å². The van der Waals surface area contributed by atoms with Gasteiger partial charge in [0.15, 0.2) is 0 Å². The highest BCUT2D eigenvalue weighted by Crippen LogP contribution is 2.37. The molecule has 1 aliphatic rings. The lowest BCUT2D eigenvalue weighted by Gasteiger charge is -2.28. The highest BCUT2D eigenvalue weighted by atomic mass is 35.5. The number of benzene rings is 1. The van der Waals surface area contributed by atoms with Crippen LogP contribution in [0.4, 0.5) is 0 Å². The maximum absolute atomic E-state index is 6.34. The topological polar surface area (TPSA) is 29.9 Å². The van der Waals surface area contributed by atoms with Gasteiger partial charge in [0, 0.05) is 30.4 Å². The average Bonchev–Trinajstić information content (AvgIpc) is 2.88. The van der Waals surface area contributed by atoms with Crippen molar-refractivity contribution in [1.29, 1.82) is 0 Å². The summed E-state index contributed by atoms with van der Waals surface area (Å²) in [6, 6.07) is 4.09. The molecule has 3 rings (SSSR count). The molecule has 1 N–H and O–H groups in total. The molecule has 0 unspecified atom stereocenters. The molecule has 0 aliphatic heterocycles. The first-order valence-corrected chi connectivity index (χ1v) is 8.52. The predicted molar refractivity (Wildman–Crippen MR) is 91.9 cm³/mol. The molecule has 0 saturated heterocycles. The van der Waals surface area contributed by atoms with E-state index in [-0.39, 0.29) is 12.1 Å². The van der Waals surface area contributed by atoms with E-state index in [0.717, 1.165) is 24.8 Å². The fraction of sp³-hybridized carbons (Fsp3) is 0.438. The molecule has 0 fully saturated rings. The van der Waals surface area contributed by atoms with E-state index < -0.39 is 0 Å². The van der Waals surface area contributed by atoms with Crippen LogP contribution in [0.2, 0.25) is 15.1 Å². The maximum Gasteiger partial charge on any atom is 0.0781 e. The second kappa shape index (κ2) is 6.40. The van der Waals surface area contributed by atoms with E-state index in [9.17, 15) is 0 Å². The molecule has 0 spiro atoms. The summed E-state index contributed by atoms with van der Waals surface area (Å²) in [6.45, 7) is 2.09. The smallest absolute Gasteiger partial charge is 0.0781 e. The van der Waals surface area contributed by atoms with Crippen molar-refractivity contribution in [3.8, 4) is 0 Å². The summed E-state index contributed by atoms with van der Waals surface area (Å²) in [5.74, 6) is 0. The number of nitrogens with one attached hydrogen (secondary N) is 1. The van der Waals surface area contributed by atoms with Gasteiger partial charge >= 0.3 is 0 Å². The first-order chi connectivity index (χ1) is 10.5. The van der Waals surface area contributed by atoms with Gasteiger partial charge in [0.05, 0.1) is 21.3 Å². The van der Waals surface area contributed by atoms with Crippen LogP contribution in [-0.4, -0.2) is 9.78 Å². The third-order valence-corrected chi connectivity index (χ3v) is 5.67. The van der Waals surface area contributed by atoms with Crippen LogP contribution in [0.15, 0.2) is 18.3 Å². The van der Waals surface area contributed by atoms with Crippen molar-refractivity contribution >= 4 is 34.8 Å². The van der Waals surface area contributed by atoms with Crippen LogP contribution in [0.3, 0.4) is 0 Å². The number of fused-ring (bicyclic) bond motifs is 1. The van der Waals surface area contributed by atoms with E-state index in [2.05, 4.69) is 17.3 Å². The molecular formula is C16H18Cl3N3. The minimum atomic E-state index is 0.0819. The molecule has 2 atom stereocenters. The van der Waals surface area contributed by atoms with Gasteiger partial charge in [-0.15, -0.1) is 0 Å². The number of halogens is 3. The molecule has 0 bridgehead atoms. The Morgan fingerprint density at radius 2 is 2.05 bits per heavy atom. The van der Waals surface area contributed by atoms with E-state index in [1.165, 1.54) is 11.3 Å². The molecule has 0 amide bonds. The van der Waals surface area contributed by atoms with E-state index in [1.54, 1.807) is 6.07 Å². The van der Waals surface area contributed by atoms with Crippen molar-refractivity contribution < 1.29 is 0 Å². The van der Waals surface area contributed by atoms with Gasteiger partial charge in [0.25, 0.3) is 0 Å². The number of hydrogen-bond donors (Lipinski definition) is 1. The lowest BCUT2D eigenvalue weighted by atomic mass is 9.92. The monoisotopic (exact) mass is 357 g/mol. The molecule has 0 saturated carbocycles. The summed E-state index contributed by atoms with van der Waals surface area (Å²) in [4.78, 5) is 0. The fourth-order valence-electron chi connectivity index (χ4n) is 3.15. The summed E-state index contributed by atoms with van der Waals surface area (Å²) in [7, 11) is 2.00. The third kappa shape index (κ3) is 2.88. The first-order valence-electron chi connectivity index (χ1n) is 7.39. The Morgan fingerprint density at radius 1 is 1.27 bits per heavy atom. The Morgan fingerprint density at radius 3 is 2.82 bits per heavy atom. The zero-order chi connectivity index (χ0) is 15.9. The number of rotatable bonds is 3. The van der Waals surface area contributed by atoms with Crippen LogP contribution in [0.5, 0.6) is 0 Å². The second-order valence-corrected chi connectivity index (χ2v) is 6.93. The van der Waals surface area contributed by atoms with Gasteiger partial charge in [0.2, 0.25) is 0 Å². The number of hydrogen-bond acceptors (Lipinski definition) is 2. The van der Waals surface area contributed by atoms with Gasteiger partial charge in [-0.1, -0.05) is 40.9 Å². The minimum Gasteiger partial charge on any atom is -0.303 e. The average molecular weight is 359 g/mol. The zero-order valence-electron chi connectivity index (χ0n) is 12.5. The first kappa shape index (κ1) is 16.1. The highest BCUT2D eigenvalue weighted by Gasteiger charge is 2.25. The van der Waals surface area contributed by atoms with Gasteiger partial charge in [-0.3, -0.25) is 4.68 Å². The second-order valence-electron chi connectivity index (χ2n) is 5.77. The normalized spacial score (nSPS) is 19.0. The predicted octanol–water partition coefficient (Wildman–Crippen LogP) is 5.11. The van der Waals surface area contributed by atoms with E-state index in [0.29, 0.717) is 15.1 Å². The zero-order valence-corrected chi connectivity index (χ0v) is 14.8. The van der Waals surface area contributed by atoms with Crippen LogP contribution in [-0.2, 0) is 13.5 Å². The van der Waals surface area contributed by atoms with Crippen molar-refractivity contribution in [2.75, 3.05) is 0 Å². The fourth-order valence-corrected chi connectivity index (χ4v) is 3.85. The lowest BCUT2D eigenvalue weighted by molar-refractivity contribution is 0.411. The summed E-state index contributed by atoms with van der Waals surface area (Å²) in [6.07, 6.45) is 5.31. The molecule has 118 valence electrons. The SMILES string of the molecule is C[C@H](N[C@H]1CCCc2c1cnn2C)c1ccc(Cl)c(Cl)c1Cl. The van der Waals surface area contributed by atoms with Crippen LogP contribution >= 0.6 is 34.8 Å². The number of aromatic nitrogens is 2. The van der Waals surface area contributed by atoms with Gasteiger partial charge in [-0.2, -0.15) is 5.10 Å². The molecule has 1 heterocycles. The Balaban J connectivity index is 1.84. The molecule has 1 aliphatic carbocycles. The Kier molecular flexibility index (Phi) is 4.69. The Hall–Kier alpha value is -0.740. The van der Waals surface area contributed by atoms with Crippen LogP contribution in [0, 0.1) is 0 Å². The standard InChI is InChI=1S/C16H18Cl3N3/c1-9(10-6-7-12(17)16(19)15(10)18)21-13-4-3-5-14-11(13)8-20-22(14)2/h6-9,13,21H,3-5H2,1-2H3/t9-,13-/m0/s1. The molecule has 1 aromatic heterocycles. The van der Waals surface area contributed by atoms with Crippen LogP contribution in [0.1, 0.15) is 48.7 Å². The van der Waals surface area contributed by atoms with Gasteiger partial charge < -0.3 is 5.32 Å².